The van der Waals surface area contributed by atoms with E-state index < -0.39 is 94.3 Å². The van der Waals surface area contributed by atoms with E-state index in [2.05, 4.69) is 50.7 Å². The summed E-state index contributed by atoms with van der Waals surface area (Å²) in [5.74, 6) is -11.6. The molecule has 6 saturated carbocycles. The lowest BCUT2D eigenvalue weighted by Gasteiger charge is -2.55. The van der Waals surface area contributed by atoms with Crippen molar-refractivity contribution in [1.29, 1.82) is 0 Å². The summed E-state index contributed by atoms with van der Waals surface area (Å²) in [5.41, 5.74) is -2.09. The molecule has 21 atom stereocenters. The molecule has 6 fully saturated rings. The van der Waals surface area contributed by atoms with Crippen molar-refractivity contribution in [3.8, 4) is 0 Å². The molecule has 0 aromatic carbocycles. The van der Waals surface area contributed by atoms with Crippen LogP contribution in [0.15, 0.2) is 72.9 Å². The Morgan fingerprint density at radius 1 is 0.324 bits per heavy atom. The van der Waals surface area contributed by atoms with E-state index >= 15 is 0 Å². The van der Waals surface area contributed by atoms with Gasteiger partial charge in [-0.2, -0.15) is 0 Å². The van der Waals surface area contributed by atoms with Crippen LogP contribution in [0.25, 0.3) is 0 Å². The van der Waals surface area contributed by atoms with E-state index in [0.717, 1.165) is 38.5 Å². The molecule has 30 nitrogen and oxygen atoms in total. The molecule has 105 heavy (non-hydrogen) atoms. The van der Waals surface area contributed by atoms with Gasteiger partial charge >= 0.3 is 35.8 Å². The van der Waals surface area contributed by atoms with Crippen LogP contribution in [-0.4, -0.2) is 236 Å². The van der Waals surface area contributed by atoms with Crippen molar-refractivity contribution in [3.63, 3.8) is 0 Å². The van der Waals surface area contributed by atoms with E-state index in [9.17, 15) is 28.8 Å². The molecule has 30 heteroatoms. The molecule has 0 aromatic heterocycles. The third kappa shape index (κ3) is 14.9. The first-order valence-corrected chi connectivity index (χ1v) is 35.1. The van der Waals surface area contributed by atoms with Gasteiger partial charge in [0.1, 0.15) is 5.41 Å². The van der Waals surface area contributed by atoms with Gasteiger partial charge in [0.25, 0.3) is 35.8 Å². The zero-order valence-corrected chi connectivity index (χ0v) is 64.5. The number of aliphatic carboxylic acids is 3. The van der Waals surface area contributed by atoms with Crippen LogP contribution < -0.4 is 0 Å². The number of carbonyl (C=O) groups excluding carboxylic acids is 3. The predicted molar refractivity (Wildman–Crippen MR) is 368 cm³/mol. The normalized spacial score (nSPS) is 33.8. The zero-order chi connectivity index (χ0) is 78.0. The average Bonchev–Trinajstić information content (AvgIpc) is 1.61. The lowest BCUT2D eigenvalue weighted by atomic mass is 9.70. The monoisotopic (exact) mass is 1490 g/mol. The summed E-state index contributed by atoms with van der Waals surface area (Å²) in [6.45, 7) is 0. The molecule has 0 aliphatic heterocycles. The summed E-state index contributed by atoms with van der Waals surface area (Å²) in [4.78, 5) is 67.3. The number of carbonyl (C=O) groups is 6. The first-order chi connectivity index (χ1) is 50.1. The van der Waals surface area contributed by atoms with Crippen LogP contribution >= 0.6 is 0 Å². The molecule has 12 aliphatic carbocycles. The summed E-state index contributed by atoms with van der Waals surface area (Å²) in [7, 11) is 32.2. The third-order valence-corrected chi connectivity index (χ3v) is 24.9. The van der Waals surface area contributed by atoms with Gasteiger partial charge in [0, 0.05) is 146 Å². The largest absolute Gasteiger partial charge is 0.481 e. The van der Waals surface area contributed by atoms with Gasteiger partial charge in [0.15, 0.2) is 5.41 Å². The fourth-order valence-corrected chi connectivity index (χ4v) is 20.4. The molecule has 21 unspecified atom stereocenters. The molecular weight excluding hydrogens is 1380 g/mol. The number of hydrogen-bond donors (Lipinski definition) is 3. The average molecular weight is 1500 g/mol. The first-order valence-electron chi connectivity index (χ1n) is 35.1. The van der Waals surface area contributed by atoms with Crippen molar-refractivity contribution in [2.75, 3.05) is 149 Å². The Morgan fingerprint density at radius 3 is 1.04 bits per heavy atom. The van der Waals surface area contributed by atoms with Crippen LogP contribution in [0.2, 0.25) is 0 Å². The van der Waals surface area contributed by atoms with E-state index in [1.54, 1.807) is 128 Å². The Bertz CT molecular complexity index is 3010. The zero-order valence-electron chi connectivity index (χ0n) is 64.5. The summed E-state index contributed by atoms with van der Waals surface area (Å²) in [5, 5.41) is 27.1. The summed E-state index contributed by atoms with van der Waals surface area (Å²) < 4.78 is 115. The highest BCUT2D eigenvalue weighted by molar-refractivity contribution is 6.00. The number of esters is 3. The Labute approximate surface area is 615 Å². The Balaban J connectivity index is 0.000000178. The first kappa shape index (κ1) is 86.8. The molecule has 3 N–H and O–H groups in total. The minimum Gasteiger partial charge on any atom is -0.481 e. The molecule has 594 valence electrons. The fraction of sp³-hybridized carbons (Fsp3) is 0.760. The van der Waals surface area contributed by atoms with Crippen molar-refractivity contribution in [2.45, 2.75) is 87.2 Å². The van der Waals surface area contributed by atoms with Crippen LogP contribution in [0, 0.1) is 129 Å². The minimum absolute atomic E-state index is 0.0154. The van der Waals surface area contributed by atoms with Crippen LogP contribution in [0.1, 0.15) is 51.4 Å². The fourth-order valence-electron chi connectivity index (χ4n) is 20.4. The van der Waals surface area contributed by atoms with Gasteiger partial charge in [-0.05, 0) is 111 Å². The number of hydrogen-bond acceptors (Lipinski definition) is 27. The smallest absolute Gasteiger partial charge is 0.323 e. The summed E-state index contributed by atoms with van der Waals surface area (Å²) in [6, 6.07) is 0. The highest BCUT2D eigenvalue weighted by Gasteiger charge is 2.75. The molecule has 0 amide bonds. The van der Waals surface area contributed by atoms with E-state index in [1.165, 1.54) is 21.3 Å². The van der Waals surface area contributed by atoms with Crippen molar-refractivity contribution in [1.82, 2.24) is 0 Å². The van der Waals surface area contributed by atoms with Crippen molar-refractivity contribution in [3.05, 3.63) is 72.9 Å². The Kier molecular flexibility index (Phi) is 29.7. The number of ether oxygens (including phenoxy) is 21. The van der Waals surface area contributed by atoms with Crippen LogP contribution in [0.5, 0.6) is 0 Å². The topological polar surface area (TPSA) is 357 Å². The van der Waals surface area contributed by atoms with Gasteiger partial charge in [-0.15, -0.1) is 0 Å². The van der Waals surface area contributed by atoms with E-state index in [-0.39, 0.29) is 101 Å². The van der Waals surface area contributed by atoms with Gasteiger partial charge in [-0.25, -0.2) is 0 Å². The van der Waals surface area contributed by atoms with Crippen molar-refractivity contribution >= 4 is 35.8 Å². The number of fused-ring (bicyclic) bond motifs is 12. The number of carboxylic acid groups (broad SMARTS) is 3. The lowest BCUT2D eigenvalue weighted by Crippen LogP contribution is -2.68. The minimum atomic E-state index is -1.33. The molecule has 12 bridgehead atoms. The maximum Gasteiger partial charge on any atom is 0.323 e. The van der Waals surface area contributed by atoms with Crippen molar-refractivity contribution < 1.29 is 144 Å². The number of methoxy groups -OCH3 is 21. The molecule has 0 saturated heterocycles. The molecule has 0 radical (unpaired) electrons. The second-order valence-electron chi connectivity index (χ2n) is 28.0. The van der Waals surface area contributed by atoms with Crippen LogP contribution in [0.3, 0.4) is 0 Å². The highest BCUT2D eigenvalue weighted by atomic mass is 16.9. The Morgan fingerprint density at radius 2 is 0.686 bits per heavy atom. The van der Waals surface area contributed by atoms with Crippen LogP contribution in [-0.2, 0) is 128 Å². The molecule has 0 spiro atoms. The predicted octanol–water partition coefficient (Wildman–Crippen LogP) is 7.17. The molecular formula is C75H114O30. The number of rotatable bonds is 30. The van der Waals surface area contributed by atoms with Gasteiger partial charge in [0.05, 0.1) is 62.8 Å². The molecule has 12 rings (SSSR count). The quantitative estimate of drug-likeness (QED) is 0.0211. The van der Waals surface area contributed by atoms with Gasteiger partial charge in [-0.1, -0.05) is 72.9 Å². The van der Waals surface area contributed by atoms with Crippen LogP contribution in [0.4, 0.5) is 0 Å². The van der Waals surface area contributed by atoms with E-state index in [0.29, 0.717) is 18.8 Å². The van der Waals surface area contributed by atoms with Gasteiger partial charge in [0.2, 0.25) is 0 Å². The van der Waals surface area contributed by atoms with E-state index in [1.807, 2.05) is 36.5 Å². The Hall–Kier alpha value is -5.46. The van der Waals surface area contributed by atoms with E-state index in [4.69, 9.17) is 101 Å². The molecule has 0 heterocycles. The molecule has 0 aromatic rings. The SMILES string of the molecule is COC(=O)C1(C(=O)O)CC2C=CC1C2.COC(=O)C1C2C=CC(C2)C1C(=O)O.COC(=O)C1C2C=CC1C(C(=O)O)C2.COC(OC)(OC)C1(C(OC)(OC)OC)CC2C=CC1C2.COC(OC)(OC)C1C2C=CC(C2)C1C(OC)(OC)OC.COC(OC)(OC)C1CC2C=CC1C2C(OC)(OC)OC. The number of allylic oxidation sites excluding steroid dienone is 12. The summed E-state index contributed by atoms with van der Waals surface area (Å²) in [6.07, 6.45) is 30.5. The maximum absolute atomic E-state index is 11.5. The second-order valence-corrected chi connectivity index (χ2v) is 28.0. The standard InChI is InChI=1S/3C15H26O6.3C10H12O4/c1-16-14(17-2,18-3)13(15(19-4,20-5)21-6)10-11-7-8-12(13)9-11;1-16-14(17-2,18-3)12-9-10-7-8-11(12)13(10)15(19-4,20-5)21-6;1-16-14(17-2,18-3)12-10-7-8-11(9-10)13(12)15(19-4,20-5)21-6;1-14-9(13)10(8(11)12)5-6-2-3-7(10)4-6;1-14-10(13)8-5-2-3-6(8)7(4-5)9(11)12;1-14-10(13)8-6-3-2-5(4-6)7(8)9(11)12/h7-8,11-12H,9-10H2,1-6H3;2*7-8,10-13H,9H2,1-6H3;2-3,6-7H,4-5H2,1H3,(H,11,12);2*2-3,5-8H,4H2,1H3,(H,11,12). The van der Waals surface area contributed by atoms with Gasteiger partial charge < -0.3 is 115 Å². The van der Waals surface area contributed by atoms with Gasteiger partial charge in [-0.3, -0.25) is 28.8 Å². The highest BCUT2D eigenvalue weighted by Crippen LogP contribution is 2.66. The number of carboxylic acids is 3. The second kappa shape index (κ2) is 35.9. The lowest BCUT2D eigenvalue weighted by molar-refractivity contribution is -0.511. The summed E-state index contributed by atoms with van der Waals surface area (Å²) >= 11 is 0. The maximum atomic E-state index is 11.5. The van der Waals surface area contributed by atoms with Crippen molar-refractivity contribution in [2.24, 2.45) is 129 Å². The molecule has 12 aliphatic rings. The third-order valence-electron chi connectivity index (χ3n) is 24.9.